The summed E-state index contributed by atoms with van der Waals surface area (Å²) in [6.07, 6.45) is 5.19. The highest BCUT2D eigenvalue weighted by molar-refractivity contribution is 5.51. The van der Waals surface area contributed by atoms with Crippen LogP contribution in [0, 0.1) is 0 Å². The van der Waals surface area contributed by atoms with Crippen molar-refractivity contribution < 1.29 is 9.47 Å². The highest BCUT2D eigenvalue weighted by Crippen LogP contribution is 2.51. The van der Waals surface area contributed by atoms with Gasteiger partial charge in [0.05, 0.1) is 14.2 Å². The van der Waals surface area contributed by atoms with Gasteiger partial charge < -0.3 is 14.8 Å². The van der Waals surface area contributed by atoms with Crippen molar-refractivity contribution in [2.24, 2.45) is 0 Å². The Balaban J connectivity index is 1.92. The van der Waals surface area contributed by atoms with Gasteiger partial charge >= 0.3 is 0 Å². The van der Waals surface area contributed by atoms with Gasteiger partial charge in [0.25, 0.3) is 0 Å². The van der Waals surface area contributed by atoms with E-state index in [4.69, 9.17) is 9.47 Å². The number of methoxy groups -OCH3 is 2. The molecule has 0 amide bonds. The third-order valence-electron chi connectivity index (χ3n) is 4.42. The Morgan fingerprint density at radius 3 is 2.32 bits per heavy atom. The van der Waals surface area contributed by atoms with Gasteiger partial charge in [-0.3, -0.25) is 0 Å². The van der Waals surface area contributed by atoms with Gasteiger partial charge in [-0.25, -0.2) is 0 Å². The molecule has 0 heterocycles. The number of hydrogen-bond acceptors (Lipinski definition) is 3. The molecular formula is C16H23NO2. The van der Waals surface area contributed by atoms with Gasteiger partial charge in [0.1, 0.15) is 0 Å². The largest absolute Gasteiger partial charge is 0.493 e. The Bertz CT molecular complexity index is 476. The summed E-state index contributed by atoms with van der Waals surface area (Å²) in [4.78, 5) is 0. The zero-order valence-electron chi connectivity index (χ0n) is 12.1. The van der Waals surface area contributed by atoms with Crippen LogP contribution in [-0.2, 0) is 12.0 Å². The molecule has 1 aromatic rings. The monoisotopic (exact) mass is 261 g/mol. The molecule has 2 aliphatic carbocycles. The minimum Gasteiger partial charge on any atom is -0.493 e. The zero-order chi connectivity index (χ0) is 13.5. The summed E-state index contributed by atoms with van der Waals surface area (Å²) in [5, 5.41) is 3.61. The van der Waals surface area contributed by atoms with Crippen LogP contribution in [0.5, 0.6) is 11.5 Å². The lowest BCUT2D eigenvalue weighted by atomic mass is 9.92. The fraction of sp³-hybridized carbons (Fsp3) is 0.625. The molecule has 1 aromatic carbocycles. The van der Waals surface area contributed by atoms with Crippen LogP contribution in [0.2, 0.25) is 0 Å². The van der Waals surface area contributed by atoms with E-state index in [0.29, 0.717) is 5.41 Å². The second kappa shape index (κ2) is 4.71. The maximum Gasteiger partial charge on any atom is 0.161 e. The summed E-state index contributed by atoms with van der Waals surface area (Å²) < 4.78 is 10.9. The van der Waals surface area contributed by atoms with Gasteiger partial charge in [0, 0.05) is 12.6 Å². The lowest BCUT2D eigenvalue weighted by Crippen LogP contribution is -2.18. The summed E-state index contributed by atoms with van der Waals surface area (Å²) in [7, 11) is 3.41. The van der Waals surface area contributed by atoms with Gasteiger partial charge in [0.15, 0.2) is 11.5 Å². The first-order valence-corrected chi connectivity index (χ1v) is 7.15. The third kappa shape index (κ3) is 2.57. The molecular weight excluding hydrogens is 238 g/mol. The highest BCUT2D eigenvalue weighted by Gasteiger charge is 2.41. The third-order valence-corrected chi connectivity index (χ3v) is 4.42. The van der Waals surface area contributed by atoms with Crippen molar-refractivity contribution in [2.45, 2.75) is 50.6 Å². The van der Waals surface area contributed by atoms with Crippen LogP contribution >= 0.6 is 0 Å². The van der Waals surface area contributed by atoms with E-state index in [-0.39, 0.29) is 0 Å². The maximum atomic E-state index is 5.45. The quantitative estimate of drug-likeness (QED) is 0.854. The summed E-state index contributed by atoms with van der Waals surface area (Å²) in [6, 6.07) is 5.05. The Morgan fingerprint density at radius 2 is 1.79 bits per heavy atom. The normalized spacial score (nSPS) is 20.2. The molecule has 3 heteroatoms. The number of rotatable bonds is 6. The summed E-state index contributed by atoms with van der Waals surface area (Å²) in [5.74, 6) is 1.68. The molecule has 0 aromatic heterocycles. The summed E-state index contributed by atoms with van der Waals surface area (Å²) in [5.41, 5.74) is 3.14. The molecule has 1 N–H and O–H groups in total. The molecule has 0 radical (unpaired) electrons. The summed E-state index contributed by atoms with van der Waals surface area (Å²) in [6.45, 7) is 3.28. The van der Waals surface area contributed by atoms with Gasteiger partial charge in [-0.15, -0.1) is 0 Å². The average Bonchev–Trinajstić information content (AvgIpc) is 3.32. The maximum absolute atomic E-state index is 5.45. The number of benzene rings is 1. The van der Waals surface area contributed by atoms with Gasteiger partial charge in [0.2, 0.25) is 0 Å². The minimum atomic E-state index is 0.347. The van der Waals surface area contributed by atoms with E-state index < -0.39 is 0 Å². The first-order chi connectivity index (χ1) is 9.16. The van der Waals surface area contributed by atoms with Crippen molar-refractivity contribution in [3.8, 4) is 11.5 Å². The predicted molar refractivity (Wildman–Crippen MR) is 76.0 cm³/mol. The summed E-state index contributed by atoms with van der Waals surface area (Å²) >= 11 is 0. The molecule has 0 aliphatic heterocycles. The van der Waals surface area contributed by atoms with Crippen LogP contribution in [0.4, 0.5) is 0 Å². The Kier molecular flexibility index (Phi) is 3.17. The van der Waals surface area contributed by atoms with Crippen LogP contribution in [0.25, 0.3) is 0 Å². The predicted octanol–water partition coefficient (Wildman–Crippen LogP) is 3.01. The van der Waals surface area contributed by atoms with E-state index >= 15 is 0 Å². The molecule has 2 fully saturated rings. The van der Waals surface area contributed by atoms with Crippen molar-refractivity contribution >= 4 is 0 Å². The smallest absolute Gasteiger partial charge is 0.161 e. The molecule has 0 bridgehead atoms. The molecule has 3 rings (SSSR count). The van der Waals surface area contributed by atoms with E-state index in [0.717, 1.165) is 24.1 Å². The van der Waals surface area contributed by atoms with Crippen LogP contribution in [0.1, 0.15) is 43.7 Å². The molecule has 0 unspecified atom stereocenters. The molecule has 2 saturated carbocycles. The first-order valence-electron chi connectivity index (χ1n) is 7.15. The van der Waals surface area contributed by atoms with Gasteiger partial charge in [-0.1, -0.05) is 6.92 Å². The fourth-order valence-electron chi connectivity index (χ4n) is 2.63. The van der Waals surface area contributed by atoms with E-state index in [1.165, 1.54) is 36.8 Å². The topological polar surface area (TPSA) is 30.5 Å². The van der Waals surface area contributed by atoms with Crippen LogP contribution < -0.4 is 14.8 Å². The van der Waals surface area contributed by atoms with E-state index in [1.807, 2.05) is 0 Å². The fourth-order valence-corrected chi connectivity index (χ4v) is 2.63. The lowest BCUT2D eigenvalue weighted by molar-refractivity contribution is 0.353. The van der Waals surface area contributed by atoms with E-state index in [1.54, 1.807) is 14.2 Å². The molecule has 0 saturated heterocycles. The average molecular weight is 261 g/mol. The molecule has 2 aliphatic rings. The van der Waals surface area contributed by atoms with Crippen molar-refractivity contribution in [1.82, 2.24) is 5.32 Å². The molecule has 19 heavy (non-hydrogen) atoms. The molecule has 104 valence electrons. The van der Waals surface area contributed by atoms with E-state index in [2.05, 4.69) is 24.4 Å². The van der Waals surface area contributed by atoms with Crippen LogP contribution in [0.15, 0.2) is 12.1 Å². The molecule has 0 atom stereocenters. The Hall–Kier alpha value is -1.22. The van der Waals surface area contributed by atoms with Crippen molar-refractivity contribution in [3.05, 3.63) is 23.3 Å². The SMILES string of the molecule is COc1cc(CNC2CC2)c(C2(C)CC2)cc1OC. The van der Waals surface area contributed by atoms with Crippen molar-refractivity contribution in [1.29, 1.82) is 0 Å². The Morgan fingerprint density at radius 1 is 1.16 bits per heavy atom. The van der Waals surface area contributed by atoms with E-state index in [9.17, 15) is 0 Å². The van der Waals surface area contributed by atoms with Gasteiger partial charge in [-0.2, -0.15) is 0 Å². The zero-order valence-corrected chi connectivity index (χ0v) is 12.1. The van der Waals surface area contributed by atoms with Gasteiger partial charge in [-0.05, 0) is 54.4 Å². The molecule has 0 spiro atoms. The van der Waals surface area contributed by atoms with Crippen molar-refractivity contribution in [3.63, 3.8) is 0 Å². The van der Waals surface area contributed by atoms with Crippen LogP contribution in [0.3, 0.4) is 0 Å². The second-order valence-corrected chi connectivity index (χ2v) is 6.08. The van der Waals surface area contributed by atoms with Crippen molar-refractivity contribution in [2.75, 3.05) is 14.2 Å². The highest BCUT2D eigenvalue weighted by atomic mass is 16.5. The lowest BCUT2D eigenvalue weighted by Gasteiger charge is -2.19. The second-order valence-electron chi connectivity index (χ2n) is 6.08. The number of ether oxygens (including phenoxy) is 2. The molecule has 3 nitrogen and oxygen atoms in total. The minimum absolute atomic E-state index is 0.347. The number of nitrogens with one attached hydrogen (secondary N) is 1. The number of hydrogen-bond donors (Lipinski definition) is 1. The standard InChI is InChI=1S/C16H23NO2/c1-16(6-7-16)13-9-15(19-3)14(18-2)8-11(13)10-17-12-4-5-12/h8-9,12,17H,4-7,10H2,1-3H3. The first kappa shape index (κ1) is 12.8. The Labute approximate surface area is 115 Å². The van der Waals surface area contributed by atoms with Crippen LogP contribution in [-0.4, -0.2) is 20.3 Å².